The van der Waals surface area contributed by atoms with Crippen LogP contribution in [0.5, 0.6) is 5.75 Å². The van der Waals surface area contributed by atoms with Gasteiger partial charge in [0.25, 0.3) is 5.56 Å². The number of carbonyl (C=O) groups is 1. The average molecular weight is 485 g/mol. The number of nitrogens with zero attached hydrogens (tertiary/aromatic N) is 4. The van der Waals surface area contributed by atoms with Gasteiger partial charge in [-0.25, -0.2) is 9.36 Å². The Hall–Kier alpha value is -4.15. The molecular weight excluding hydrogens is 463 g/mol. The lowest BCUT2D eigenvalue weighted by molar-refractivity contribution is -0.274. The summed E-state index contributed by atoms with van der Waals surface area (Å²) < 4.78 is 43.4. The number of anilines is 1. The van der Waals surface area contributed by atoms with Gasteiger partial charge in [0.15, 0.2) is 0 Å². The van der Waals surface area contributed by atoms with Crippen molar-refractivity contribution in [2.24, 2.45) is 0 Å². The summed E-state index contributed by atoms with van der Waals surface area (Å²) in [5.74, 6) is -1.03. The van der Waals surface area contributed by atoms with E-state index in [0.717, 1.165) is 28.1 Å². The first-order valence-electron chi connectivity index (χ1n) is 10.7. The summed E-state index contributed by atoms with van der Waals surface area (Å²) in [4.78, 5) is 26.0. The molecule has 8 nitrogen and oxygen atoms in total. The first-order valence-corrected chi connectivity index (χ1v) is 10.7. The van der Waals surface area contributed by atoms with Gasteiger partial charge >= 0.3 is 6.36 Å². The Morgan fingerprint density at radius 2 is 1.80 bits per heavy atom. The lowest BCUT2D eigenvalue weighted by Gasteiger charge is -2.13. The zero-order chi connectivity index (χ0) is 25.3. The Balaban J connectivity index is 1.66. The molecule has 0 bridgehead atoms. The Morgan fingerprint density at radius 3 is 2.43 bits per heavy atom. The first-order chi connectivity index (χ1) is 16.5. The highest BCUT2D eigenvalue weighted by Crippen LogP contribution is 2.25. The molecule has 0 saturated carbocycles. The molecule has 0 fully saturated rings. The number of hydrogen-bond acceptors (Lipinski definition) is 5. The van der Waals surface area contributed by atoms with Crippen LogP contribution in [0.3, 0.4) is 0 Å². The van der Waals surface area contributed by atoms with Crippen LogP contribution in [0.25, 0.3) is 16.6 Å². The van der Waals surface area contributed by atoms with Crippen molar-refractivity contribution in [3.8, 4) is 11.4 Å². The van der Waals surface area contributed by atoms with Crippen LogP contribution in [0.15, 0.2) is 59.5 Å². The molecule has 0 spiro atoms. The molecule has 1 amide bonds. The molecule has 4 rings (SSSR count). The van der Waals surface area contributed by atoms with Crippen LogP contribution in [-0.4, -0.2) is 31.8 Å². The topological polar surface area (TPSA) is 91.0 Å². The summed E-state index contributed by atoms with van der Waals surface area (Å²) in [6, 6.07) is 12.2. The van der Waals surface area contributed by atoms with Gasteiger partial charge in [0.05, 0.1) is 17.6 Å². The molecule has 0 atom stereocenters. The summed E-state index contributed by atoms with van der Waals surface area (Å²) in [6.45, 7) is 5.36. The third-order valence-corrected chi connectivity index (χ3v) is 5.27. The number of rotatable bonds is 6. The van der Waals surface area contributed by atoms with Crippen LogP contribution in [0, 0.1) is 6.92 Å². The van der Waals surface area contributed by atoms with E-state index in [-0.39, 0.29) is 11.6 Å². The van der Waals surface area contributed by atoms with Crippen molar-refractivity contribution in [3.05, 3.63) is 76.3 Å². The molecule has 0 aliphatic carbocycles. The van der Waals surface area contributed by atoms with Gasteiger partial charge in [-0.05, 0) is 48.7 Å². The number of nitrogens with one attached hydrogen (secondary N) is 1. The van der Waals surface area contributed by atoms with E-state index in [2.05, 4.69) is 20.3 Å². The maximum absolute atomic E-state index is 13.4. The number of halogens is 3. The molecular formula is C24H22F3N5O3. The Labute approximate surface area is 197 Å². The molecule has 35 heavy (non-hydrogen) atoms. The van der Waals surface area contributed by atoms with E-state index in [1.165, 1.54) is 12.1 Å². The molecule has 2 aromatic heterocycles. The summed E-state index contributed by atoms with van der Waals surface area (Å²) in [7, 11) is 0. The van der Waals surface area contributed by atoms with Crippen LogP contribution in [0.1, 0.15) is 31.0 Å². The second-order valence-electron chi connectivity index (χ2n) is 8.23. The summed E-state index contributed by atoms with van der Waals surface area (Å²) in [5, 5.41) is 12.0. The van der Waals surface area contributed by atoms with Crippen molar-refractivity contribution in [2.45, 2.75) is 39.6 Å². The van der Waals surface area contributed by atoms with Crippen LogP contribution in [0.4, 0.5) is 18.9 Å². The Morgan fingerprint density at radius 1 is 1.11 bits per heavy atom. The molecule has 0 aliphatic rings. The monoisotopic (exact) mass is 485 g/mol. The fraction of sp³-hybridized carbons (Fsp3) is 0.250. The van der Waals surface area contributed by atoms with Crippen molar-refractivity contribution in [1.29, 1.82) is 0 Å². The van der Waals surface area contributed by atoms with Crippen LogP contribution >= 0.6 is 0 Å². The second kappa shape index (κ2) is 9.24. The van der Waals surface area contributed by atoms with Crippen molar-refractivity contribution < 1.29 is 22.7 Å². The van der Waals surface area contributed by atoms with Crippen LogP contribution < -0.4 is 15.6 Å². The minimum absolute atomic E-state index is 0.0527. The van der Waals surface area contributed by atoms with E-state index in [1.54, 1.807) is 10.9 Å². The largest absolute Gasteiger partial charge is 0.573 e. The normalized spacial score (nSPS) is 11.7. The quantitative estimate of drug-likeness (QED) is 0.433. The van der Waals surface area contributed by atoms with Crippen LogP contribution in [0.2, 0.25) is 0 Å². The van der Waals surface area contributed by atoms with E-state index >= 15 is 0 Å². The summed E-state index contributed by atoms with van der Waals surface area (Å²) in [6.07, 6.45) is -3.21. The fourth-order valence-electron chi connectivity index (χ4n) is 3.69. The lowest BCUT2D eigenvalue weighted by Crippen LogP contribution is -2.31. The van der Waals surface area contributed by atoms with E-state index in [1.807, 2.05) is 45.0 Å². The second-order valence-corrected chi connectivity index (χ2v) is 8.23. The smallest absolute Gasteiger partial charge is 0.406 e. The number of para-hydroxylation sites is 1. The number of aromatic nitrogens is 4. The van der Waals surface area contributed by atoms with Crippen molar-refractivity contribution >= 4 is 22.5 Å². The molecule has 11 heteroatoms. The molecule has 0 unspecified atom stereocenters. The van der Waals surface area contributed by atoms with Gasteiger partial charge in [-0.3, -0.25) is 9.59 Å². The highest BCUT2D eigenvalue weighted by molar-refractivity contribution is 5.91. The van der Waals surface area contributed by atoms with E-state index in [4.69, 9.17) is 0 Å². The zero-order valence-corrected chi connectivity index (χ0v) is 19.1. The Bertz CT molecular complexity index is 1440. The lowest BCUT2D eigenvalue weighted by atomic mass is 10.1. The molecule has 0 radical (unpaired) electrons. The van der Waals surface area contributed by atoms with Gasteiger partial charge < -0.3 is 10.1 Å². The molecule has 2 heterocycles. The predicted octanol–water partition coefficient (Wildman–Crippen LogP) is 4.55. The summed E-state index contributed by atoms with van der Waals surface area (Å²) >= 11 is 0. The van der Waals surface area contributed by atoms with E-state index in [9.17, 15) is 22.8 Å². The van der Waals surface area contributed by atoms with Gasteiger partial charge in [-0.2, -0.15) is 10.2 Å². The van der Waals surface area contributed by atoms with Gasteiger partial charge in [0.1, 0.15) is 17.8 Å². The predicted molar refractivity (Wildman–Crippen MR) is 124 cm³/mol. The number of benzene rings is 2. The fourth-order valence-corrected chi connectivity index (χ4v) is 3.69. The number of amides is 1. The number of alkyl halides is 3. The number of hydrogen-bond donors (Lipinski definition) is 1. The van der Waals surface area contributed by atoms with E-state index < -0.39 is 30.1 Å². The molecule has 4 aromatic rings. The number of aryl methyl sites for hydroxylation is 1. The van der Waals surface area contributed by atoms with Gasteiger partial charge in [0.2, 0.25) is 5.91 Å². The number of carbonyl (C=O) groups excluding carboxylic acids is 1. The third kappa shape index (κ3) is 5.18. The number of fused-ring (bicyclic) bond motifs is 1. The molecule has 1 N–H and O–H groups in total. The molecule has 182 valence electrons. The highest BCUT2D eigenvalue weighted by Gasteiger charge is 2.31. The highest BCUT2D eigenvalue weighted by atomic mass is 19.4. The maximum Gasteiger partial charge on any atom is 0.573 e. The van der Waals surface area contributed by atoms with Crippen molar-refractivity contribution in [2.75, 3.05) is 5.32 Å². The third-order valence-electron chi connectivity index (χ3n) is 5.27. The van der Waals surface area contributed by atoms with Gasteiger partial charge in [-0.1, -0.05) is 32.0 Å². The zero-order valence-electron chi connectivity index (χ0n) is 19.1. The van der Waals surface area contributed by atoms with Gasteiger partial charge in [0, 0.05) is 11.1 Å². The van der Waals surface area contributed by atoms with E-state index in [0.29, 0.717) is 16.6 Å². The first kappa shape index (κ1) is 24.0. The molecule has 2 aromatic carbocycles. The van der Waals surface area contributed by atoms with Crippen LogP contribution in [-0.2, 0) is 11.3 Å². The summed E-state index contributed by atoms with van der Waals surface area (Å²) in [5.41, 5.74) is 2.32. The minimum atomic E-state index is -4.81. The maximum atomic E-state index is 13.4. The molecule has 0 aliphatic heterocycles. The SMILES string of the molecule is Cc1ccccc1-n1ncc2c(C(C)C)nn(CC(=O)Nc3ccc(OC(F)(F)F)cc3)c(=O)c21. The standard InChI is InChI=1S/C24H22F3N5O3/c1-14(2)21-18-12-28-32(19-7-5-4-6-15(19)3)22(18)23(34)31(30-21)13-20(33)29-16-8-10-17(11-9-16)35-24(25,26)27/h4-12,14H,13H2,1-3H3,(H,29,33). The average Bonchev–Trinajstić information content (AvgIpc) is 3.21. The van der Waals surface area contributed by atoms with Crippen molar-refractivity contribution in [1.82, 2.24) is 19.6 Å². The minimum Gasteiger partial charge on any atom is -0.406 e. The number of ether oxygens (including phenoxy) is 1. The Kier molecular flexibility index (Phi) is 6.33. The van der Waals surface area contributed by atoms with Gasteiger partial charge in [-0.15, -0.1) is 13.2 Å². The van der Waals surface area contributed by atoms with Crippen molar-refractivity contribution in [3.63, 3.8) is 0 Å². The molecule has 0 saturated heterocycles.